The monoisotopic (exact) mass is 309 g/mol. The topological polar surface area (TPSA) is 39.0 Å². The van der Waals surface area contributed by atoms with Crippen LogP contribution in [-0.4, -0.2) is 21.1 Å². The second-order valence-corrected chi connectivity index (χ2v) is 6.16. The van der Waals surface area contributed by atoms with Gasteiger partial charge in [0.25, 0.3) is 5.92 Å². The van der Waals surface area contributed by atoms with Gasteiger partial charge in [0.1, 0.15) is 0 Å². The predicted molar refractivity (Wildman–Crippen MR) is 82.2 cm³/mol. The SMILES string of the molecule is Cn1c(=O)n(C)c2cc(CN[C@@H]3CCCCC3(F)F)ccc21. The van der Waals surface area contributed by atoms with Crippen LogP contribution < -0.4 is 11.0 Å². The summed E-state index contributed by atoms with van der Waals surface area (Å²) in [6.45, 7) is 0.388. The largest absolute Gasteiger partial charge is 0.328 e. The first-order valence-electron chi connectivity index (χ1n) is 7.66. The molecule has 0 bridgehead atoms. The molecule has 1 aliphatic rings. The second kappa shape index (κ2) is 5.50. The molecule has 0 unspecified atom stereocenters. The number of aromatic nitrogens is 2. The second-order valence-electron chi connectivity index (χ2n) is 6.16. The fourth-order valence-corrected chi connectivity index (χ4v) is 3.25. The summed E-state index contributed by atoms with van der Waals surface area (Å²) in [6, 6.07) is 4.89. The molecule has 1 aromatic heterocycles. The van der Waals surface area contributed by atoms with Gasteiger partial charge in [-0.3, -0.25) is 9.13 Å². The zero-order valence-electron chi connectivity index (χ0n) is 12.9. The number of nitrogens with one attached hydrogen (secondary N) is 1. The van der Waals surface area contributed by atoms with E-state index in [0.717, 1.165) is 23.0 Å². The molecule has 1 N–H and O–H groups in total. The Hall–Kier alpha value is -1.69. The van der Waals surface area contributed by atoms with Crippen LogP contribution in [0.1, 0.15) is 31.2 Å². The molecule has 4 nitrogen and oxygen atoms in total. The average molecular weight is 309 g/mol. The molecule has 1 heterocycles. The van der Waals surface area contributed by atoms with E-state index in [1.165, 1.54) is 0 Å². The van der Waals surface area contributed by atoms with Crippen molar-refractivity contribution in [3.63, 3.8) is 0 Å². The molecule has 0 amide bonds. The lowest BCUT2D eigenvalue weighted by molar-refractivity contribution is -0.0640. The molecule has 0 saturated heterocycles. The molecule has 0 spiro atoms. The predicted octanol–water partition coefficient (Wildman–Crippen LogP) is 2.54. The Morgan fingerprint density at radius 3 is 2.68 bits per heavy atom. The van der Waals surface area contributed by atoms with Crippen molar-refractivity contribution in [3.8, 4) is 0 Å². The third-order valence-corrected chi connectivity index (χ3v) is 4.65. The Morgan fingerprint density at radius 2 is 1.95 bits per heavy atom. The highest BCUT2D eigenvalue weighted by Gasteiger charge is 2.40. The summed E-state index contributed by atoms with van der Waals surface area (Å²) >= 11 is 0. The van der Waals surface area contributed by atoms with Crippen molar-refractivity contribution in [1.82, 2.24) is 14.5 Å². The third kappa shape index (κ3) is 2.56. The Balaban J connectivity index is 1.80. The Kier molecular flexibility index (Phi) is 3.80. The van der Waals surface area contributed by atoms with E-state index in [-0.39, 0.29) is 12.1 Å². The van der Waals surface area contributed by atoms with E-state index < -0.39 is 12.0 Å². The Labute approximate surface area is 127 Å². The minimum atomic E-state index is -2.62. The number of rotatable bonds is 3. The van der Waals surface area contributed by atoms with Crippen molar-refractivity contribution in [3.05, 3.63) is 34.2 Å². The molecule has 120 valence electrons. The summed E-state index contributed by atoms with van der Waals surface area (Å²) in [5, 5.41) is 2.99. The van der Waals surface area contributed by atoms with Gasteiger partial charge in [-0.25, -0.2) is 13.6 Å². The standard InChI is InChI=1S/C16H21F2N3O/c1-20-12-7-6-11(9-13(12)21(2)15(20)22)10-19-14-5-3-4-8-16(14,17)18/h6-7,9,14,19H,3-5,8,10H2,1-2H3/t14-/m1/s1. The highest BCUT2D eigenvalue weighted by Crippen LogP contribution is 2.33. The van der Waals surface area contributed by atoms with E-state index in [1.807, 2.05) is 18.2 Å². The number of alkyl halides is 2. The first kappa shape index (κ1) is 15.2. The van der Waals surface area contributed by atoms with Crippen LogP contribution in [0.15, 0.2) is 23.0 Å². The van der Waals surface area contributed by atoms with E-state index in [1.54, 1.807) is 23.2 Å². The summed E-state index contributed by atoms with van der Waals surface area (Å²) in [5.41, 5.74) is 2.50. The zero-order valence-corrected chi connectivity index (χ0v) is 12.9. The van der Waals surface area contributed by atoms with Crippen molar-refractivity contribution in [1.29, 1.82) is 0 Å². The highest BCUT2D eigenvalue weighted by atomic mass is 19.3. The number of benzene rings is 1. The lowest BCUT2D eigenvalue weighted by atomic mass is 9.91. The number of aryl methyl sites for hydroxylation is 2. The summed E-state index contributed by atoms with van der Waals surface area (Å²) < 4.78 is 30.8. The van der Waals surface area contributed by atoms with Crippen molar-refractivity contribution in [2.45, 2.75) is 44.2 Å². The summed E-state index contributed by atoms with van der Waals surface area (Å²) in [4.78, 5) is 11.9. The molecule has 6 heteroatoms. The molecule has 0 aliphatic heterocycles. The van der Waals surface area contributed by atoms with Crippen LogP contribution in [0, 0.1) is 0 Å². The fraction of sp³-hybridized carbons (Fsp3) is 0.562. The smallest absolute Gasteiger partial charge is 0.305 e. The number of halogens is 2. The molecule has 1 atom stereocenters. The minimum Gasteiger partial charge on any atom is -0.305 e. The van der Waals surface area contributed by atoms with Crippen molar-refractivity contribution in [2.24, 2.45) is 14.1 Å². The van der Waals surface area contributed by atoms with Gasteiger partial charge in [-0.1, -0.05) is 12.5 Å². The molecule has 0 radical (unpaired) electrons. The lowest BCUT2D eigenvalue weighted by Crippen LogP contribution is -2.46. The van der Waals surface area contributed by atoms with Crippen LogP contribution in [0.2, 0.25) is 0 Å². The van der Waals surface area contributed by atoms with Gasteiger partial charge in [0.05, 0.1) is 17.1 Å². The quantitative estimate of drug-likeness (QED) is 0.946. The maximum Gasteiger partial charge on any atom is 0.328 e. The van der Waals surface area contributed by atoms with Crippen LogP contribution >= 0.6 is 0 Å². The normalized spacial score (nSPS) is 21.4. The maximum absolute atomic E-state index is 13.8. The molecule has 1 fully saturated rings. The van der Waals surface area contributed by atoms with Gasteiger partial charge in [0.2, 0.25) is 0 Å². The first-order chi connectivity index (χ1) is 10.4. The lowest BCUT2D eigenvalue weighted by Gasteiger charge is -2.32. The Bertz CT molecular complexity index is 748. The van der Waals surface area contributed by atoms with Crippen LogP contribution in [0.3, 0.4) is 0 Å². The molecule has 22 heavy (non-hydrogen) atoms. The van der Waals surface area contributed by atoms with Crippen LogP contribution in [0.25, 0.3) is 11.0 Å². The maximum atomic E-state index is 13.8. The van der Waals surface area contributed by atoms with Gasteiger partial charge >= 0.3 is 5.69 Å². The molecule has 1 saturated carbocycles. The number of imidazole rings is 1. The molecular weight excluding hydrogens is 288 g/mol. The minimum absolute atomic E-state index is 0.0309. The van der Waals surface area contributed by atoms with Gasteiger partial charge in [-0.05, 0) is 30.5 Å². The van der Waals surface area contributed by atoms with E-state index in [0.29, 0.717) is 19.4 Å². The van der Waals surface area contributed by atoms with Crippen molar-refractivity contribution in [2.75, 3.05) is 0 Å². The molecule has 1 aliphatic carbocycles. The van der Waals surface area contributed by atoms with E-state index in [4.69, 9.17) is 0 Å². The zero-order chi connectivity index (χ0) is 15.9. The fourth-order valence-electron chi connectivity index (χ4n) is 3.25. The van der Waals surface area contributed by atoms with E-state index in [9.17, 15) is 13.6 Å². The molecule has 1 aromatic carbocycles. The van der Waals surface area contributed by atoms with Gasteiger partial charge < -0.3 is 5.32 Å². The number of hydrogen-bond donors (Lipinski definition) is 1. The van der Waals surface area contributed by atoms with Gasteiger partial charge in [-0.2, -0.15) is 0 Å². The van der Waals surface area contributed by atoms with Gasteiger partial charge in [0.15, 0.2) is 0 Å². The van der Waals surface area contributed by atoms with Crippen molar-refractivity contribution < 1.29 is 8.78 Å². The van der Waals surface area contributed by atoms with Crippen molar-refractivity contribution >= 4 is 11.0 Å². The Morgan fingerprint density at radius 1 is 1.23 bits per heavy atom. The first-order valence-corrected chi connectivity index (χ1v) is 7.66. The van der Waals surface area contributed by atoms with Crippen LogP contribution in [0.4, 0.5) is 8.78 Å². The molecular formula is C16H21F2N3O. The molecule has 3 rings (SSSR count). The third-order valence-electron chi connectivity index (χ3n) is 4.65. The summed E-state index contributed by atoms with van der Waals surface area (Å²) in [6.07, 6.45) is 1.93. The van der Waals surface area contributed by atoms with Crippen LogP contribution in [0.5, 0.6) is 0 Å². The number of hydrogen-bond acceptors (Lipinski definition) is 2. The highest BCUT2D eigenvalue weighted by molar-refractivity contribution is 5.76. The summed E-state index contributed by atoms with van der Waals surface area (Å²) in [7, 11) is 3.45. The molecule has 2 aromatic rings. The summed E-state index contributed by atoms with van der Waals surface area (Å²) in [5.74, 6) is -2.62. The number of fused-ring (bicyclic) bond motifs is 1. The average Bonchev–Trinajstić information content (AvgIpc) is 2.70. The van der Waals surface area contributed by atoms with Gasteiger partial charge in [0, 0.05) is 27.1 Å². The number of nitrogens with zero attached hydrogens (tertiary/aromatic N) is 2. The van der Waals surface area contributed by atoms with Gasteiger partial charge in [-0.15, -0.1) is 0 Å². The van der Waals surface area contributed by atoms with Crippen LogP contribution in [-0.2, 0) is 20.6 Å². The van der Waals surface area contributed by atoms with E-state index in [2.05, 4.69) is 5.32 Å². The van der Waals surface area contributed by atoms with E-state index >= 15 is 0 Å².